The van der Waals surface area contributed by atoms with Crippen LogP contribution in [0.5, 0.6) is 0 Å². The van der Waals surface area contributed by atoms with Crippen molar-refractivity contribution >= 4 is 10.0 Å². The van der Waals surface area contributed by atoms with Crippen LogP contribution in [0.1, 0.15) is 64.2 Å². The second-order valence-electron chi connectivity index (χ2n) is 5.96. The molecular formula is C13H23N3O2S. The number of hydrogen-bond donors (Lipinski definition) is 1. The van der Waals surface area contributed by atoms with Crippen LogP contribution in [0, 0.1) is 5.92 Å². The Hall–Kier alpha value is -0.880. The molecule has 0 spiro atoms. The van der Waals surface area contributed by atoms with Crippen LogP contribution in [0.3, 0.4) is 0 Å². The van der Waals surface area contributed by atoms with Gasteiger partial charge < -0.3 is 4.57 Å². The first-order valence-corrected chi connectivity index (χ1v) is 8.45. The Morgan fingerprint density at radius 1 is 1.32 bits per heavy atom. The molecule has 1 aromatic rings. The molecule has 0 radical (unpaired) electrons. The van der Waals surface area contributed by atoms with E-state index in [1.807, 2.05) is 18.4 Å². The van der Waals surface area contributed by atoms with Gasteiger partial charge >= 0.3 is 0 Å². The van der Waals surface area contributed by atoms with Crippen LogP contribution < -0.4 is 5.14 Å². The van der Waals surface area contributed by atoms with E-state index in [1.165, 1.54) is 12.8 Å². The van der Waals surface area contributed by atoms with Crippen molar-refractivity contribution in [3.05, 3.63) is 12.0 Å². The molecule has 0 saturated heterocycles. The summed E-state index contributed by atoms with van der Waals surface area (Å²) in [6.07, 6.45) is 6.16. The fourth-order valence-corrected chi connectivity index (χ4v) is 3.24. The number of nitrogens with zero attached hydrogens (tertiary/aromatic N) is 2. The molecule has 1 fully saturated rings. The zero-order valence-electron chi connectivity index (χ0n) is 11.8. The van der Waals surface area contributed by atoms with Crippen LogP contribution >= 0.6 is 0 Å². The normalized spacial score (nSPS) is 24.9. The maximum absolute atomic E-state index is 11.5. The van der Waals surface area contributed by atoms with E-state index >= 15 is 0 Å². The highest BCUT2D eigenvalue weighted by atomic mass is 32.2. The quantitative estimate of drug-likeness (QED) is 0.926. The smallest absolute Gasteiger partial charge is 0.257 e. The third kappa shape index (κ3) is 3.17. The van der Waals surface area contributed by atoms with Gasteiger partial charge in [-0.15, -0.1) is 0 Å². The predicted octanol–water partition coefficient (Wildman–Crippen LogP) is 2.41. The minimum Gasteiger partial charge on any atom is -0.330 e. The molecule has 5 nitrogen and oxygen atoms in total. The molecule has 0 bridgehead atoms. The lowest BCUT2D eigenvalue weighted by molar-refractivity contribution is 0.283. The molecule has 108 valence electrons. The molecule has 0 aromatic carbocycles. The third-order valence-electron chi connectivity index (χ3n) is 3.93. The Balaban J connectivity index is 2.36. The Morgan fingerprint density at radius 2 is 1.89 bits per heavy atom. The van der Waals surface area contributed by atoms with Gasteiger partial charge in [-0.3, -0.25) is 0 Å². The summed E-state index contributed by atoms with van der Waals surface area (Å²) in [7, 11) is -3.72. The largest absolute Gasteiger partial charge is 0.330 e. The molecule has 19 heavy (non-hydrogen) atoms. The van der Waals surface area contributed by atoms with E-state index in [2.05, 4.69) is 11.9 Å². The van der Waals surface area contributed by atoms with Crippen molar-refractivity contribution in [1.29, 1.82) is 0 Å². The van der Waals surface area contributed by atoms with Gasteiger partial charge in [0, 0.05) is 18.2 Å². The summed E-state index contributed by atoms with van der Waals surface area (Å²) in [5.41, 5.74) is 0. The zero-order valence-corrected chi connectivity index (χ0v) is 12.7. The molecule has 1 heterocycles. The topological polar surface area (TPSA) is 78.0 Å². The summed E-state index contributed by atoms with van der Waals surface area (Å²) < 4.78 is 25.0. The maximum atomic E-state index is 11.5. The van der Waals surface area contributed by atoms with Gasteiger partial charge in [0.15, 0.2) is 5.03 Å². The van der Waals surface area contributed by atoms with Gasteiger partial charge in [-0.05, 0) is 31.6 Å². The first-order valence-electron chi connectivity index (χ1n) is 6.90. The highest BCUT2D eigenvalue weighted by Gasteiger charge is 2.25. The Morgan fingerprint density at radius 3 is 2.37 bits per heavy atom. The molecule has 2 rings (SSSR count). The molecule has 1 aliphatic rings. The first-order chi connectivity index (χ1) is 8.79. The molecule has 0 unspecified atom stereocenters. The van der Waals surface area contributed by atoms with Gasteiger partial charge in [-0.1, -0.05) is 20.8 Å². The summed E-state index contributed by atoms with van der Waals surface area (Å²) >= 11 is 0. The monoisotopic (exact) mass is 285 g/mol. The zero-order chi connectivity index (χ0) is 14.2. The standard InChI is InChI=1S/C13H23N3O2S/c1-9(2)13-15-12(19(14,17)18)8-16(13)11-6-4-10(3)5-7-11/h8-11H,4-7H2,1-3H3,(H2,14,17,18). The Bertz CT molecular complexity index is 540. The van der Waals surface area contributed by atoms with Gasteiger partial charge in [0.25, 0.3) is 10.0 Å². The van der Waals surface area contributed by atoms with Crippen LogP contribution in [0.4, 0.5) is 0 Å². The van der Waals surface area contributed by atoms with Gasteiger partial charge in [0.1, 0.15) is 5.82 Å². The summed E-state index contributed by atoms with van der Waals surface area (Å²) in [6, 6.07) is 0.358. The van der Waals surface area contributed by atoms with Gasteiger partial charge in [-0.25, -0.2) is 18.5 Å². The Kier molecular flexibility index (Phi) is 4.01. The van der Waals surface area contributed by atoms with Crippen molar-refractivity contribution < 1.29 is 8.42 Å². The number of hydrogen-bond acceptors (Lipinski definition) is 3. The van der Waals surface area contributed by atoms with Gasteiger partial charge in [-0.2, -0.15) is 0 Å². The fourth-order valence-electron chi connectivity index (χ4n) is 2.76. The molecular weight excluding hydrogens is 262 g/mol. The second kappa shape index (κ2) is 5.25. The van der Waals surface area contributed by atoms with Gasteiger partial charge in [0.05, 0.1) is 0 Å². The maximum Gasteiger partial charge on any atom is 0.257 e. The molecule has 6 heteroatoms. The molecule has 1 aliphatic carbocycles. The van der Waals surface area contributed by atoms with Crippen LogP contribution in [-0.4, -0.2) is 18.0 Å². The number of primary sulfonamides is 1. The molecule has 1 aromatic heterocycles. The van der Waals surface area contributed by atoms with E-state index in [-0.39, 0.29) is 10.9 Å². The Labute approximate surface area is 115 Å². The SMILES string of the molecule is CC1CCC(n2cc(S(N)(=O)=O)nc2C(C)C)CC1. The van der Waals surface area contributed by atoms with Gasteiger partial charge in [0.2, 0.25) is 0 Å². The van der Waals surface area contributed by atoms with E-state index in [4.69, 9.17) is 5.14 Å². The average Bonchev–Trinajstić information content (AvgIpc) is 2.74. The van der Waals surface area contributed by atoms with E-state index in [0.29, 0.717) is 6.04 Å². The molecule has 0 amide bonds. The van der Waals surface area contributed by atoms with E-state index in [0.717, 1.165) is 24.6 Å². The minimum atomic E-state index is -3.72. The second-order valence-corrected chi connectivity index (χ2v) is 7.47. The third-order valence-corrected chi connectivity index (χ3v) is 4.71. The molecule has 2 N–H and O–H groups in total. The summed E-state index contributed by atoms with van der Waals surface area (Å²) in [5.74, 6) is 1.78. The highest BCUT2D eigenvalue weighted by Crippen LogP contribution is 2.34. The fraction of sp³-hybridized carbons (Fsp3) is 0.769. The van der Waals surface area contributed by atoms with Crippen LogP contribution in [0.2, 0.25) is 0 Å². The lowest BCUT2D eigenvalue weighted by Crippen LogP contribution is -2.18. The summed E-state index contributed by atoms with van der Waals surface area (Å²) in [5, 5.41) is 5.18. The number of imidazole rings is 1. The highest BCUT2D eigenvalue weighted by molar-refractivity contribution is 7.89. The number of aromatic nitrogens is 2. The van der Waals surface area contributed by atoms with Crippen molar-refractivity contribution in [3.8, 4) is 0 Å². The van der Waals surface area contributed by atoms with Crippen molar-refractivity contribution in [2.45, 2.75) is 63.4 Å². The minimum absolute atomic E-state index is 0.00479. The van der Waals surface area contributed by atoms with Crippen LogP contribution in [0.25, 0.3) is 0 Å². The molecule has 1 saturated carbocycles. The van der Waals surface area contributed by atoms with Crippen molar-refractivity contribution in [3.63, 3.8) is 0 Å². The van der Waals surface area contributed by atoms with Crippen molar-refractivity contribution in [2.75, 3.05) is 0 Å². The predicted molar refractivity (Wildman–Crippen MR) is 74.4 cm³/mol. The average molecular weight is 285 g/mol. The van der Waals surface area contributed by atoms with Crippen molar-refractivity contribution in [2.24, 2.45) is 11.1 Å². The number of sulfonamides is 1. The number of rotatable bonds is 3. The van der Waals surface area contributed by atoms with E-state index < -0.39 is 10.0 Å². The van der Waals surface area contributed by atoms with Crippen LogP contribution in [-0.2, 0) is 10.0 Å². The number of nitrogens with two attached hydrogens (primary N) is 1. The van der Waals surface area contributed by atoms with E-state index in [9.17, 15) is 8.42 Å². The summed E-state index contributed by atoms with van der Waals surface area (Å²) in [4.78, 5) is 4.23. The molecule has 0 aliphatic heterocycles. The lowest BCUT2D eigenvalue weighted by atomic mass is 9.87. The van der Waals surface area contributed by atoms with Crippen LogP contribution in [0.15, 0.2) is 11.2 Å². The summed E-state index contributed by atoms with van der Waals surface area (Å²) in [6.45, 7) is 6.32. The first kappa shape index (κ1) is 14.5. The van der Waals surface area contributed by atoms with Crippen molar-refractivity contribution in [1.82, 2.24) is 9.55 Å². The molecule has 0 atom stereocenters. The van der Waals surface area contributed by atoms with E-state index in [1.54, 1.807) is 6.20 Å². The lowest BCUT2D eigenvalue weighted by Gasteiger charge is -2.28.